The van der Waals surface area contributed by atoms with Crippen molar-refractivity contribution in [1.82, 2.24) is 20.1 Å². The molecule has 0 bridgehead atoms. The van der Waals surface area contributed by atoms with Crippen LogP contribution in [0.5, 0.6) is 0 Å². The number of nitrogens with zero attached hydrogens (tertiary/aromatic N) is 3. The van der Waals surface area contributed by atoms with Crippen LogP contribution in [0.25, 0.3) is 0 Å². The first-order chi connectivity index (χ1) is 10.7. The predicted molar refractivity (Wildman–Crippen MR) is 86.3 cm³/mol. The topological polar surface area (TPSA) is 81.1 Å². The van der Waals surface area contributed by atoms with Gasteiger partial charge in [-0.3, -0.25) is 4.68 Å². The van der Waals surface area contributed by atoms with Crippen molar-refractivity contribution >= 4 is 23.1 Å². The Morgan fingerprint density at radius 1 is 1.45 bits per heavy atom. The first kappa shape index (κ1) is 16.4. The molecule has 2 N–H and O–H groups in total. The Kier molecular flexibility index (Phi) is 6.35. The Balaban J connectivity index is 1.70. The Labute approximate surface area is 133 Å². The molecule has 2 aromatic heterocycles. The lowest BCUT2D eigenvalue weighted by Gasteiger charge is -2.04. The molecule has 120 valence electrons. The van der Waals surface area contributed by atoms with E-state index in [1.165, 1.54) is 4.88 Å². The van der Waals surface area contributed by atoms with Crippen LogP contribution in [-0.2, 0) is 24.1 Å². The molecule has 2 heterocycles. The molecule has 0 aliphatic heterocycles. The fourth-order valence-corrected chi connectivity index (χ4v) is 2.68. The number of carbonyl (C=O) groups excluding carboxylic acids is 1. The maximum atomic E-state index is 11.8. The van der Waals surface area contributed by atoms with Crippen LogP contribution < -0.4 is 10.6 Å². The number of aryl methyl sites for hydroxylation is 1. The molecule has 2 amide bonds. The number of aromatic nitrogens is 3. The lowest BCUT2D eigenvalue weighted by molar-refractivity contribution is 0.183. The standard InChI is InChI=1S/C14H21N5O2S/c1-3-12-9-16-13(22-12)4-5-15-14(20)18-11-8-17-19(10-11)6-7-21-2/h8-10H,3-7H2,1-2H3,(H2,15,18,20). The van der Waals surface area contributed by atoms with Gasteiger partial charge < -0.3 is 15.4 Å². The SMILES string of the molecule is CCc1cnc(CCNC(=O)Nc2cnn(CCOC)c2)s1. The van der Waals surface area contributed by atoms with Gasteiger partial charge in [0.15, 0.2) is 0 Å². The van der Waals surface area contributed by atoms with Gasteiger partial charge in [0.25, 0.3) is 0 Å². The zero-order valence-electron chi connectivity index (χ0n) is 12.8. The summed E-state index contributed by atoms with van der Waals surface area (Å²) in [5.41, 5.74) is 0.663. The summed E-state index contributed by atoms with van der Waals surface area (Å²) in [4.78, 5) is 17.4. The van der Waals surface area contributed by atoms with Crippen molar-refractivity contribution in [2.45, 2.75) is 26.3 Å². The summed E-state index contributed by atoms with van der Waals surface area (Å²) in [7, 11) is 1.64. The van der Waals surface area contributed by atoms with Crippen LogP contribution in [0.2, 0.25) is 0 Å². The third-order valence-electron chi connectivity index (χ3n) is 2.99. The number of anilines is 1. The molecule has 2 rings (SSSR count). The van der Waals surface area contributed by atoms with Gasteiger partial charge in [0.2, 0.25) is 0 Å². The van der Waals surface area contributed by atoms with Gasteiger partial charge in [-0.25, -0.2) is 9.78 Å². The van der Waals surface area contributed by atoms with Crippen molar-refractivity contribution in [3.63, 3.8) is 0 Å². The van der Waals surface area contributed by atoms with Crippen molar-refractivity contribution in [3.05, 3.63) is 28.5 Å². The van der Waals surface area contributed by atoms with Crippen LogP contribution >= 0.6 is 11.3 Å². The molecule has 7 nitrogen and oxygen atoms in total. The van der Waals surface area contributed by atoms with Crippen LogP contribution in [-0.4, -0.2) is 41.1 Å². The van der Waals surface area contributed by atoms with Crippen LogP contribution in [0.1, 0.15) is 16.8 Å². The molecule has 0 radical (unpaired) electrons. The van der Waals surface area contributed by atoms with Gasteiger partial charge in [-0.2, -0.15) is 5.10 Å². The summed E-state index contributed by atoms with van der Waals surface area (Å²) in [5.74, 6) is 0. The van der Waals surface area contributed by atoms with E-state index in [4.69, 9.17) is 4.74 Å². The van der Waals surface area contributed by atoms with E-state index in [1.807, 2.05) is 6.20 Å². The minimum Gasteiger partial charge on any atom is -0.383 e. The normalized spacial score (nSPS) is 10.6. The van der Waals surface area contributed by atoms with Crippen molar-refractivity contribution in [2.75, 3.05) is 25.6 Å². The predicted octanol–water partition coefficient (Wildman–Crippen LogP) is 1.91. The smallest absolute Gasteiger partial charge is 0.319 e. The van der Waals surface area contributed by atoms with Gasteiger partial charge in [-0.05, 0) is 6.42 Å². The van der Waals surface area contributed by atoms with Crippen LogP contribution in [0, 0.1) is 0 Å². The van der Waals surface area contributed by atoms with Crippen LogP contribution in [0.3, 0.4) is 0 Å². The van der Waals surface area contributed by atoms with Crippen molar-refractivity contribution in [1.29, 1.82) is 0 Å². The number of rotatable bonds is 8. The Hall–Kier alpha value is -1.93. The Morgan fingerprint density at radius 2 is 2.32 bits per heavy atom. The number of methoxy groups -OCH3 is 1. The van der Waals surface area contributed by atoms with E-state index >= 15 is 0 Å². The van der Waals surface area contributed by atoms with E-state index < -0.39 is 0 Å². The monoisotopic (exact) mass is 323 g/mol. The fraction of sp³-hybridized carbons (Fsp3) is 0.500. The van der Waals surface area contributed by atoms with Gasteiger partial charge in [-0.15, -0.1) is 11.3 Å². The highest BCUT2D eigenvalue weighted by molar-refractivity contribution is 7.11. The summed E-state index contributed by atoms with van der Waals surface area (Å²) in [6.45, 7) is 3.90. The Morgan fingerprint density at radius 3 is 3.05 bits per heavy atom. The number of urea groups is 1. The summed E-state index contributed by atoms with van der Waals surface area (Å²) in [6.07, 6.45) is 7.02. The highest BCUT2D eigenvalue weighted by Gasteiger charge is 2.05. The highest BCUT2D eigenvalue weighted by Crippen LogP contribution is 2.13. The van der Waals surface area contributed by atoms with Gasteiger partial charge >= 0.3 is 6.03 Å². The molecule has 0 aromatic carbocycles. The van der Waals surface area contributed by atoms with Gasteiger partial charge in [0.05, 0.1) is 30.0 Å². The number of thiazole rings is 1. The van der Waals surface area contributed by atoms with E-state index in [-0.39, 0.29) is 6.03 Å². The molecule has 0 saturated carbocycles. The zero-order chi connectivity index (χ0) is 15.8. The van der Waals surface area contributed by atoms with E-state index in [1.54, 1.807) is 35.5 Å². The first-order valence-electron chi connectivity index (χ1n) is 7.21. The summed E-state index contributed by atoms with van der Waals surface area (Å²) in [6, 6.07) is -0.237. The third-order valence-corrected chi connectivity index (χ3v) is 4.19. The summed E-state index contributed by atoms with van der Waals surface area (Å²) >= 11 is 1.69. The second-order valence-electron chi connectivity index (χ2n) is 4.69. The molecular formula is C14H21N5O2S. The second-order valence-corrected chi connectivity index (χ2v) is 5.89. The van der Waals surface area contributed by atoms with Gasteiger partial charge in [0.1, 0.15) is 0 Å². The number of nitrogens with one attached hydrogen (secondary N) is 2. The zero-order valence-corrected chi connectivity index (χ0v) is 13.7. The maximum Gasteiger partial charge on any atom is 0.319 e. The van der Waals surface area contributed by atoms with Crippen molar-refractivity contribution in [3.8, 4) is 0 Å². The molecule has 0 fully saturated rings. The number of carbonyl (C=O) groups is 1. The number of hydrogen-bond acceptors (Lipinski definition) is 5. The average Bonchev–Trinajstić information content (AvgIpc) is 3.14. The molecule has 8 heteroatoms. The van der Waals surface area contributed by atoms with Crippen LogP contribution in [0.15, 0.2) is 18.6 Å². The fourth-order valence-electron chi connectivity index (χ4n) is 1.82. The lowest BCUT2D eigenvalue weighted by Crippen LogP contribution is -2.30. The number of amides is 2. The van der Waals surface area contributed by atoms with E-state index in [0.717, 1.165) is 17.8 Å². The van der Waals surface area contributed by atoms with E-state index in [9.17, 15) is 4.79 Å². The average molecular weight is 323 g/mol. The molecule has 0 aliphatic rings. The third kappa shape index (κ3) is 5.12. The minimum atomic E-state index is -0.237. The maximum absolute atomic E-state index is 11.8. The summed E-state index contributed by atoms with van der Waals surface area (Å²) < 4.78 is 6.70. The highest BCUT2D eigenvalue weighted by atomic mass is 32.1. The van der Waals surface area contributed by atoms with Crippen LogP contribution in [0.4, 0.5) is 10.5 Å². The minimum absolute atomic E-state index is 0.237. The largest absolute Gasteiger partial charge is 0.383 e. The molecule has 0 unspecified atom stereocenters. The van der Waals surface area contributed by atoms with Crippen molar-refractivity contribution < 1.29 is 9.53 Å². The molecule has 0 spiro atoms. The van der Waals surface area contributed by atoms with Gasteiger partial charge in [0, 0.05) is 37.3 Å². The molecule has 0 aliphatic carbocycles. The van der Waals surface area contributed by atoms with E-state index in [2.05, 4.69) is 27.6 Å². The van der Waals surface area contributed by atoms with Gasteiger partial charge in [-0.1, -0.05) is 6.92 Å². The molecule has 0 atom stereocenters. The summed E-state index contributed by atoms with van der Waals surface area (Å²) in [5, 5.41) is 10.7. The lowest BCUT2D eigenvalue weighted by atomic mass is 10.4. The molecule has 2 aromatic rings. The van der Waals surface area contributed by atoms with E-state index in [0.29, 0.717) is 25.4 Å². The Bertz CT molecular complexity index is 596. The molecular weight excluding hydrogens is 302 g/mol. The molecule has 0 saturated heterocycles. The quantitative estimate of drug-likeness (QED) is 0.777. The first-order valence-corrected chi connectivity index (χ1v) is 8.02. The molecule has 22 heavy (non-hydrogen) atoms. The van der Waals surface area contributed by atoms with Crippen molar-refractivity contribution in [2.24, 2.45) is 0 Å². The number of hydrogen-bond donors (Lipinski definition) is 2. The second kappa shape index (κ2) is 8.50. The number of ether oxygens (including phenoxy) is 1.